The number of rotatable bonds is 9. The number of urea groups is 1. The quantitative estimate of drug-likeness (QED) is 0.643. The Morgan fingerprint density at radius 1 is 1.42 bits per heavy atom. The van der Waals surface area contributed by atoms with Crippen molar-refractivity contribution in [1.82, 2.24) is 15.5 Å². The van der Waals surface area contributed by atoms with Crippen LogP contribution in [0.5, 0.6) is 0 Å². The molecule has 0 spiro atoms. The fourth-order valence-electron chi connectivity index (χ4n) is 2.83. The first-order chi connectivity index (χ1) is 12.6. The predicted molar refractivity (Wildman–Crippen MR) is 94.1 cm³/mol. The largest absolute Gasteiger partial charge is 0.383 e. The van der Waals surface area contributed by atoms with Crippen molar-refractivity contribution >= 4 is 11.9 Å². The number of nitrogens with zero attached hydrogens (tertiary/aromatic N) is 1. The lowest BCUT2D eigenvalue weighted by Gasteiger charge is -2.24. The lowest BCUT2D eigenvalue weighted by atomic mass is 10.1. The van der Waals surface area contributed by atoms with Crippen molar-refractivity contribution in [2.75, 3.05) is 40.0 Å². The molecule has 26 heavy (non-hydrogen) atoms. The minimum absolute atomic E-state index is 0.0219. The standard InChI is InChI=1S/C18H26FN3O4/c1-25-9-7-20-18(24)21-17(23)13-22(12-16-6-3-8-26-16)11-14-4-2-5-15(19)10-14/h2,4-5,10,16H,3,6-9,11-13H2,1H3,(H2,20,21,23,24)/t16-/m1/s1. The highest BCUT2D eigenvalue weighted by Gasteiger charge is 2.21. The first-order valence-corrected chi connectivity index (χ1v) is 8.72. The summed E-state index contributed by atoms with van der Waals surface area (Å²) in [6.45, 7) is 2.37. The molecule has 7 nitrogen and oxygen atoms in total. The lowest BCUT2D eigenvalue weighted by molar-refractivity contribution is -0.121. The molecule has 0 unspecified atom stereocenters. The normalized spacial score (nSPS) is 16.7. The van der Waals surface area contributed by atoms with Crippen LogP contribution in [0, 0.1) is 5.82 Å². The minimum atomic E-state index is -0.560. The van der Waals surface area contributed by atoms with E-state index in [0.717, 1.165) is 18.4 Å². The maximum Gasteiger partial charge on any atom is 0.321 e. The van der Waals surface area contributed by atoms with Crippen LogP contribution in [-0.4, -0.2) is 62.9 Å². The monoisotopic (exact) mass is 367 g/mol. The molecule has 144 valence electrons. The number of hydrogen-bond donors (Lipinski definition) is 2. The molecule has 0 radical (unpaired) electrons. The van der Waals surface area contributed by atoms with E-state index in [1.54, 1.807) is 12.1 Å². The Balaban J connectivity index is 1.89. The van der Waals surface area contributed by atoms with Crippen LogP contribution in [0.15, 0.2) is 24.3 Å². The van der Waals surface area contributed by atoms with Crippen LogP contribution in [0.4, 0.5) is 9.18 Å². The molecule has 0 aliphatic carbocycles. The summed E-state index contributed by atoms with van der Waals surface area (Å²) in [6, 6.07) is 5.71. The highest BCUT2D eigenvalue weighted by Crippen LogP contribution is 2.15. The van der Waals surface area contributed by atoms with Crippen molar-refractivity contribution < 1.29 is 23.5 Å². The van der Waals surface area contributed by atoms with Gasteiger partial charge in [0.25, 0.3) is 0 Å². The Morgan fingerprint density at radius 2 is 2.27 bits per heavy atom. The Kier molecular flexibility index (Phi) is 8.46. The van der Waals surface area contributed by atoms with Gasteiger partial charge < -0.3 is 14.8 Å². The zero-order chi connectivity index (χ0) is 18.8. The summed E-state index contributed by atoms with van der Waals surface area (Å²) in [6.07, 6.45) is 1.97. The topological polar surface area (TPSA) is 79.9 Å². The molecule has 1 saturated heterocycles. The molecular weight excluding hydrogens is 341 g/mol. The van der Waals surface area contributed by atoms with Gasteiger partial charge in [0.15, 0.2) is 0 Å². The van der Waals surface area contributed by atoms with Crippen molar-refractivity contribution in [1.29, 1.82) is 0 Å². The zero-order valence-corrected chi connectivity index (χ0v) is 15.0. The van der Waals surface area contributed by atoms with Gasteiger partial charge in [-0.05, 0) is 30.5 Å². The Bertz CT molecular complexity index is 594. The van der Waals surface area contributed by atoms with Gasteiger partial charge in [0.1, 0.15) is 5.82 Å². The maximum absolute atomic E-state index is 13.4. The van der Waals surface area contributed by atoms with Gasteiger partial charge in [-0.2, -0.15) is 0 Å². The first kappa shape index (κ1) is 20.3. The number of ether oxygens (including phenoxy) is 2. The Hall–Kier alpha value is -2.03. The molecule has 1 fully saturated rings. The summed E-state index contributed by atoms with van der Waals surface area (Å²) in [5, 5.41) is 4.82. The van der Waals surface area contributed by atoms with Crippen LogP contribution >= 0.6 is 0 Å². The summed E-state index contributed by atoms with van der Waals surface area (Å²) in [5.41, 5.74) is 0.764. The van der Waals surface area contributed by atoms with E-state index < -0.39 is 11.9 Å². The molecule has 1 aliphatic heterocycles. The molecule has 8 heteroatoms. The molecule has 1 aromatic carbocycles. The second-order valence-corrected chi connectivity index (χ2v) is 6.23. The van der Waals surface area contributed by atoms with Crippen LogP contribution in [0.1, 0.15) is 18.4 Å². The van der Waals surface area contributed by atoms with Gasteiger partial charge in [-0.15, -0.1) is 0 Å². The van der Waals surface area contributed by atoms with Crippen molar-refractivity contribution in [3.63, 3.8) is 0 Å². The van der Waals surface area contributed by atoms with Crippen LogP contribution in [0.3, 0.4) is 0 Å². The van der Waals surface area contributed by atoms with Crippen molar-refractivity contribution in [3.05, 3.63) is 35.6 Å². The second-order valence-electron chi connectivity index (χ2n) is 6.23. The van der Waals surface area contributed by atoms with E-state index in [-0.39, 0.29) is 18.5 Å². The molecule has 2 N–H and O–H groups in total. The average Bonchev–Trinajstić information content (AvgIpc) is 3.08. The van der Waals surface area contributed by atoms with Gasteiger partial charge in [-0.3, -0.25) is 15.0 Å². The summed E-state index contributed by atoms with van der Waals surface area (Å²) in [5.74, 6) is -0.740. The van der Waals surface area contributed by atoms with E-state index in [9.17, 15) is 14.0 Å². The lowest BCUT2D eigenvalue weighted by Crippen LogP contribution is -2.46. The molecule has 0 saturated carbocycles. The van der Waals surface area contributed by atoms with E-state index in [2.05, 4.69) is 10.6 Å². The Morgan fingerprint density at radius 3 is 2.96 bits per heavy atom. The van der Waals surface area contributed by atoms with Gasteiger partial charge in [0, 0.05) is 33.4 Å². The Labute approximate surface area is 152 Å². The number of nitrogens with one attached hydrogen (secondary N) is 2. The molecule has 1 atom stereocenters. The summed E-state index contributed by atoms with van der Waals surface area (Å²) < 4.78 is 23.9. The predicted octanol–water partition coefficient (Wildman–Crippen LogP) is 1.28. The zero-order valence-electron chi connectivity index (χ0n) is 15.0. The summed E-state index contributed by atoms with van der Waals surface area (Å²) in [4.78, 5) is 25.7. The van der Waals surface area contributed by atoms with E-state index >= 15 is 0 Å². The highest BCUT2D eigenvalue weighted by atomic mass is 19.1. The number of hydrogen-bond acceptors (Lipinski definition) is 5. The van der Waals surface area contributed by atoms with Crippen LogP contribution in [-0.2, 0) is 20.8 Å². The van der Waals surface area contributed by atoms with Crippen LogP contribution in [0.2, 0.25) is 0 Å². The molecule has 2 rings (SSSR count). The first-order valence-electron chi connectivity index (χ1n) is 8.72. The van der Waals surface area contributed by atoms with Crippen molar-refractivity contribution in [2.45, 2.75) is 25.5 Å². The third-order valence-corrected chi connectivity index (χ3v) is 3.99. The molecule has 3 amide bonds. The third-order valence-electron chi connectivity index (χ3n) is 3.99. The number of carbonyl (C=O) groups excluding carboxylic acids is 2. The van der Waals surface area contributed by atoms with Crippen molar-refractivity contribution in [2.24, 2.45) is 0 Å². The number of imide groups is 1. The second kappa shape index (κ2) is 10.8. The highest BCUT2D eigenvalue weighted by molar-refractivity contribution is 5.95. The van der Waals surface area contributed by atoms with Crippen LogP contribution < -0.4 is 10.6 Å². The van der Waals surface area contributed by atoms with Gasteiger partial charge in [-0.25, -0.2) is 9.18 Å². The minimum Gasteiger partial charge on any atom is -0.383 e. The smallest absolute Gasteiger partial charge is 0.321 e. The maximum atomic E-state index is 13.4. The number of benzene rings is 1. The van der Waals surface area contributed by atoms with E-state index in [1.807, 2.05) is 4.90 Å². The number of halogens is 1. The average molecular weight is 367 g/mol. The van der Waals surface area contributed by atoms with E-state index in [0.29, 0.717) is 32.8 Å². The van der Waals surface area contributed by atoms with Gasteiger partial charge in [0.05, 0.1) is 19.3 Å². The third kappa shape index (κ3) is 7.47. The molecule has 1 heterocycles. The fourth-order valence-corrected chi connectivity index (χ4v) is 2.83. The number of methoxy groups -OCH3 is 1. The molecular formula is C18H26FN3O4. The summed E-state index contributed by atoms with van der Waals surface area (Å²) in [7, 11) is 1.53. The molecule has 1 aliphatic rings. The summed E-state index contributed by atoms with van der Waals surface area (Å²) >= 11 is 0. The molecule has 0 bridgehead atoms. The molecule has 0 aromatic heterocycles. The van der Waals surface area contributed by atoms with Gasteiger partial charge >= 0.3 is 6.03 Å². The van der Waals surface area contributed by atoms with Gasteiger partial charge in [0.2, 0.25) is 5.91 Å². The van der Waals surface area contributed by atoms with Crippen LogP contribution in [0.25, 0.3) is 0 Å². The fraction of sp³-hybridized carbons (Fsp3) is 0.556. The van der Waals surface area contributed by atoms with Gasteiger partial charge in [-0.1, -0.05) is 12.1 Å². The number of amides is 3. The SMILES string of the molecule is COCCNC(=O)NC(=O)CN(Cc1cccc(F)c1)C[C@H]1CCCO1. The van der Waals surface area contributed by atoms with E-state index in [4.69, 9.17) is 9.47 Å². The molecule has 1 aromatic rings. The van der Waals surface area contributed by atoms with E-state index in [1.165, 1.54) is 19.2 Å². The van der Waals surface area contributed by atoms with Crippen molar-refractivity contribution in [3.8, 4) is 0 Å². The number of carbonyl (C=O) groups is 2.